The van der Waals surface area contributed by atoms with Crippen LogP contribution in [-0.4, -0.2) is 28.6 Å². The van der Waals surface area contributed by atoms with Gasteiger partial charge in [-0.05, 0) is 56.2 Å². The molecule has 5 nitrogen and oxygen atoms in total. The number of ether oxygens (including phenoxy) is 1. The molecular weight excluding hydrogens is 410 g/mol. The third-order valence-corrected chi connectivity index (χ3v) is 6.46. The topological polar surface area (TPSA) is 47.4 Å². The zero-order valence-electron chi connectivity index (χ0n) is 19.4. The van der Waals surface area contributed by atoms with E-state index in [1.54, 1.807) is 0 Å². The molecule has 3 aromatic carbocycles. The van der Waals surface area contributed by atoms with Crippen molar-refractivity contribution in [2.75, 3.05) is 18.1 Å². The van der Waals surface area contributed by atoms with Crippen LogP contribution in [0.3, 0.4) is 0 Å². The van der Waals surface area contributed by atoms with E-state index in [9.17, 15) is 4.79 Å². The van der Waals surface area contributed by atoms with Crippen LogP contribution in [0.2, 0.25) is 0 Å². The van der Waals surface area contributed by atoms with E-state index in [-0.39, 0.29) is 11.8 Å². The molecule has 1 unspecified atom stereocenters. The smallest absolute Gasteiger partial charge is 0.227 e. The molecule has 0 N–H and O–H groups in total. The maximum absolute atomic E-state index is 13.1. The van der Waals surface area contributed by atoms with Crippen LogP contribution in [0.25, 0.3) is 11.0 Å². The van der Waals surface area contributed by atoms with Gasteiger partial charge in [-0.1, -0.05) is 48.0 Å². The Hall–Kier alpha value is -3.60. The molecule has 1 aliphatic heterocycles. The lowest BCUT2D eigenvalue weighted by Gasteiger charge is -2.20. The number of amides is 1. The highest BCUT2D eigenvalue weighted by atomic mass is 16.5. The zero-order valence-corrected chi connectivity index (χ0v) is 19.4. The third-order valence-electron chi connectivity index (χ3n) is 6.46. The van der Waals surface area contributed by atoms with E-state index in [2.05, 4.69) is 54.8 Å². The van der Waals surface area contributed by atoms with E-state index in [4.69, 9.17) is 9.72 Å². The first-order chi connectivity index (χ1) is 16.0. The summed E-state index contributed by atoms with van der Waals surface area (Å²) in [7, 11) is 0. The average Bonchev–Trinajstić information content (AvgIpc) is 3.37. The van der Waals surface area contributed by atoms with Crippen molar-refractivity contribution in [1.29, 1.82) is 0 Å². The van der Waals surface area contributed by atoms with Gasteiger partial charge in [0.05, 0.1) is 23.3 Å². The lowest BCUT2D eigenvalue weighted by atomic mass is 10.0. The van der Waals surface area contributed by atoms with Gasteiger partial charge in [-0.25, -0.2) is 4.98 Å². The molecule has 0 bridgehead atoms. The predicted octanol–water partition coefficient (Wildman–Crippen LogP) is 5.62. The Labute approximate surface area is 194 Å². The summed E-state index contributed by atoms with van der Waals surface area (Å²) in [5.74, 6) is 1.85. The van der Waals surface area contributed by atoms with Crippen molar-refractivity contribution in [1.82, 2.24) is 9.55 Å². The fourth-order valence-electron chi connectivity index (χ4n) is 4.78. The van der Waals surface area contributed by atoms with Crippen LogP contribution < -0.4 is 9.64 Å². The monoisotopic (exact) mass is 439 g/mol. The van der Waals surface area contributed by atoms with Gasteiger partial charge in [0.2, 0.25) is 5.91 Å². The average molecular weight is 440 g/mol. The van der Waals surface area contributed by atoms with Gasteiger partial charge in [-0.3, -0.25) is 4.79 Å². The number of aryl methyl sites for hydroxylation is 2. The van der Waals surface area contributed by atoms with Gasteiger partial charge in [0.1, 0.15) is 11.6 Å². The number of carbonyl (C=O) groups excluding carboxylic acids is 1. The SMILES string of the molecule is CCOc1ccccc1N1CC(c2nc3ccccc3n2Cc2cc(C)ccc2C)CC1=O. The highest BCUT2D eigenvalue weighted by Crippen LogP contribution is 2.37. The van der Waals surface area contributed by atoms with Gasteiger partial charge in [0.15, 0.2) is 0 Å². The Bertz CT molecular complexity index is 1320. The van der Waals surface area contributed by atoms with Crippen molar-refractivity contribution in [2.45, 2.75) is 39.7 Å². The summed E-state index contributed by atoms with van der Waals surface area (Å²) < 4.78 is 8.10. The summed E-state index contributed by atoms with van der Waals surface area (Å²) in [5, 5.41) is 0. The number of nitrogens with zero attached hydrogens (tertiary/aromatic N) is 3. The van der Waals surface area contributed by atoms with E-state index >= 15 is 0 Å². The van der Waals surface area contributed by atoms with E-state index < -0.39 is 0 Å². The van der Waals surface area contributed by atoms with Gasteiger partial charge in [-0.15, -0.1) is 0 Å². The minimum absolute atomic E-state index is 0.0182. The van der Waals surface area contributed by atoms with Gasteiger partial charge in [0.25, 0.3) is 0 Å². The molecule has 1 fully saturated rings. The molecule has 1 amide bonds. The lowest BCUT2D eigenvalue weighted by Crippen LogP contribution is -2.25. The minimum atomic E-state index is 0.0182. The largest absolute Gasteiger partial charge is 0.492 e. The van der Waals surface area contributed by atoms with E-state index in [1.807, 2.05) is 42.2 Å². The van der Waals surface area contributed by atoms with E-state index in [0.717, 1.165) is 34.8 Å². The first-order valence-electron chi connectivity index (χ1n) is 11.6. The first kappa shape index (κ1) is 21.3. The molecule has 168 valence electrons. The molecule has 0 spiro atoms. The molecule has 4 aromatic rings. The molecule has 1 saturated heterocycles. The second kappa shape index (κ2) is 8.74. The molecule has 0 aliphatic carbocycles. The zero-order chi connectivity index (χ0) is 22.9. The highest BCUT2D eigenvalue weighted by Gasteiger charge is 2.36. The molecule has 0 radical (unpaired) electrons. The normalized spacial score (nSPS) is 16.0. The van der Waals surface area contributed by atoms with Crippen LogP contribution in [0.5, 0.6) is 5.75 Å². The second-order valence-electron chi connectivity index (χ2n) is 8.78. The van der Waals surface area contributed by atoms with Crippen LogP contribution in [0.1, 0.15) is 41.8 Å². The number of fused-ring (bicyclic) bond motifs is 1. The highest BCUT2D eigenvalue weighted by molar-refractivity contribution is 5.97. The fraction of sp³-hybridized carbons (Fsp3) is 0.286. The summed E-state index contributed by atoms with van der Waals surface area (Å²) >= 11 is 0. The van der Waals surface area contributed by atoms with Crippen LogP contribution in [-0.2, 0) is 11.3 Å². The number of anilines is 1. The molecule has 1 atom stereocenters. The van der Waals surface area contributed by atoms with Crippen molar-refractivity contribution in [3.8, 4) is 5.75 Å². The minimum Gasteiger partial charge on any atom is -0.492 e. The lowest BCUT2D eigenvalue weighted by molar-refractivity contribution is -0.117. The number of imidazole rings is 1. The Balaban J connectivity index is 1.54. The Morgan fingerprint density at radius 3 is 2.67 bits per heavy atom. The summed E-state index contributed by atoms with van der Waals surface area (Å²) in [6, 6.07) is 22.6. The molecule has 2 heterocycles. The number of benzene rings is 3. The molecule has 0 saturated carbocycles. The Morgan fingerprint density at radius 2 is 1.82 bits per heavy atom. The Morgan fingerprint density at radius 1 is 1.03 bits per heavy atom. The van der Waals surface area contributed by atoms with Crippen LogP contribution in [0.4, 0.5) is 5.69 Å². The predicted molar refractivity (Wildman–Crippen MR) is 132 cm³/mol. The van der Waals surface area contributed by atoms with Crippen molar-refractivity contribution < 1.29 is 9.53 Å². The molecular formula is C28H29N3O2. The van der Waals surface area contributed by atoms with E-state index in [1.165, 1.54) is 16.7 Å². The van der Waals surface area contributed by atoms with E-state index in [0.29, 0.717) is 19.6 Å². The number of carbonyl (C=O) groups is 1. The molecule has 1 aliphatic rings. The summed E-state index contributed by atoms with van der Waals surface area (Å²) in [4.78, 5) is 20.0. The molecule has 5 heteroatoms. The molecule has 1 aromatic heterocycles. The quantitative estimate of drug-likeness (QED) is 0.392. The number of rotatable bonds is 6. The molecule has 5 rings (SSSR count). The first-order valence-corrected chi connectivity index (χ1v) is 11.6. The van der Waals surface area contributed by atoms with Crippen molar-refractivity contribution in [2.24, 2.45) is 0 Å². The number of hydrogen-bond acceptors (Lipinski definition) is 3. The fourth-order valence-corrected chi connectivity index (χ4v) is 4.78. The maximum Gasteiger partial charge on any atom is 0.227 e. The summed E-state index contributed by atoms with van der Waals surface area (Å²) in [6.45, 7) is 8.13. The number of hydrogen-bond donors (Lipinski definition) is 0. The van der Waals surface area contributed by atoms with Gasteiger partial charge >= 0.3 is 0 Å². The van der Waals surface area contributed by atoms with Crippen LogP contribution in [0.15, 0.2) is 66.7 Å². The van der Waals surface area contributed by atoms with Crippen LogP contribution >= 0.6 is 0 Å². The van der Waals surface area contributed by atoms with Gasteiger partial charge in [-0.2, -0.15) is 0 Å². The van der Waals surface area contributed by atoms with Crippen molar-refractivity contribution >= 4 is 22.6 Å². The summed E-state index contributed by atoms with van der Waals surface area (Å²) in [6.07, 6.45) is 0.441. The number of aromatic nitrogens is 2. The third kappa shape index (κ3) is 3.99. The van der Waals surface area contributed by atoms with Crippen molar-refractivity contribution in [3.63, 3.8) is 0 Å². The Kier molecular flexibility index (Phi) is 5.63. The van der Waals surface area contributed by atoms with Crippen molar-refractivity contribution in [3.05, 3.63) is 89.2 Å². The second-order valence-corrected chi connectivity index (χ2v) is 8.78. The standard InChI is InChI=1S/C28H29N3O2/c1-4-33-26-12-8-7-11-25(26)30-18-22(16-27(30)32)28-29-23-9-5-6-10-24(23)31(28)17-21-15-19(2)13-14-20(21)3/h5-15,22H,4,16-18H2,1-3H3. The van der Waals surface area contributed by atoms with Gasteiger partial charge in [0, 0.05) is 25.4 Å². The maximum atomic E-state index is 13.1. The van der Waals surface area contributed by atoms with Crippen LogP contribution in [0, 0.1) is 13.8 Å². The van der Waals surface area contributed by atoms with Gasteiger partial charge < -0.3 is 14.2 Å². The summed E-state index contributed by atoms with van der Waals surface area (Å²) in [5.41, 5.74) is 6.70. The molecule has 33 heavy (non-hydrogen) atoms. The number of para-hydroxylation sites is 4.